The summed E-state index contributed by atoms with van der Waals surface area (Å²) in [6, 6.07) is 9.17. The molecule has 0 heterocycles. The van der Waals surface area contributed by atoms with Crippen LogP contribution in [0.3, 0.4) is 0 Å². The quantitative estimate of drug-likeness (QED) is 0.846. The van der Waals surface area contributed by atoms with Crippen molar-refractivity contribution in [3.63, 3.8) is 0 Å². The number of nitrogens with two attached hydrogens (primary N) is 1. The van der Waals surface area contributed by atoms with Gasteiger partial charge in [0.1, 0.15) is 0 Å². The molecule has 18 heavy (non-hydrogen) atoms. The van der Waals surface area contributed by atoms with Crippen molar-refractivity contribution in [3.8, 4) is 0 Å². The Kier molecular flexibility index (Phi) is 4.11. The van der Waals surface area contributed by atoms with E-state index in [-0.39, 0.29) is 5.54 Å². The fraction of sp³-hybridized carbons (Fsp3) is 0.647. The first-order valence-electron chi connectivity index (χ1n) is 7.32. The van der Waals surface area contributed by atoms with Crippen molar-refractivity contribution in [1.82, 2.24) is 0 Å². The molecule has 100 valence electrons. The van der Waals surface area contributed by atoms with E-state index in [1.54, 1.807) is 0 Å². The molecule has 0 aromatic heterocycles. The van der Waals surface area contributed by atoms with E-state index in [1.165, 1.54) is 36.8 Å². The third-order valence-electron chi connectivity index (χ3n) is 4.13. The molecule has 0 atom stereocenters. The summed E-state index contributed by atoms with van der Waals surface area (Å²) in [7, 11) is 0. The van der Waals surface area contributed by atoms with Gasteiger partial charge in [-0.25, -0.2) is 0 Å². The lowest BCUT2D eigenvalue weighted by Gasteiger charge is -2.26. The summed E-state index contributed by atoms with van der Waals surface area (Å²) >= 11 is 0. The van der Waals surface area contributed by atoms with Crippen molar-refractivity contribution in [2.75, 3.05) is 0 Å². The van der Waals surface area contributed by atoms with Crippen LogP contribution in [0.25, 0.3) is 0 Å². The molecule has 1 aliphatic rings. The molecule has 2 N–H and O–H groups in total. The fourth-order valence-corrected chi connectivity index (χ4v) is 3.03. The Morgan fingerprint density at radius 2 is 1.61 bits per heavy atom. The van der Waals surface area contributed by atoms with Crippen LogP contribution in [0.5, 0.6) is 0 Å². The van der Waals surface area contributed by atoms with Gasteiger partial charge >= 0.3 is 0 Å². The maximum atomic E-state index is 6.06. The first-order valence-corrected chi connectivity index (χ1v) is 7.32. The highest BCUT2D eigenvalue weighted by Crippen LogP contribution is 2.35. The van der Waals surface area contributed by atoms with Crippen LogP contribution in [0, 0.1) is 5.92 Å². The van der Waals surface area contributed by atoms with Gasteiger partial charge in [-0.2, -0.15) is 0 Å². The van der Waals surface area contributed by atoms with Crippen LogP contribution in [-0.4, -0.2) is 5.54 Å². The lowest BCUT2D eigenvalue weighted by molar-refractivity contribution is 0.348. The van der Waals surface area contributed by atoms with Gasteiger partial charge in [0.15, 0.2) is 0 Å². The summed E-state index contributed by atoms with van der Waals surface area (Å²) in [6.45, 7) is 6.55. The number of hydrogen-bond donors (Lipinski definition) is 1. The number of benzene rings is 1. The van der Waals surface area contributed by atoms with Crippen molar-refractivity contribution >= 4 is 0 Å². The Morgan fingerprint density at radius 3 is 2.11 bits per heavy atom. The van der Waals surface area contributed by atoms with Gasteiger partial charge in [0.25, 0.3) is 0 Å². The largest absolute Gasteiger partial charge is 0.325 e. The average molecular weight is 245 g/mol. The van der Waals surface area contributed by atoms with Gasteiger partial charge in [-0.3, -0.25) is 0 Å². The first-order chi connectivity index (χ1) is 8.44. The fourth-order valence-electron chi connectivity index (χ4n) is 3.03. The highest BCUT2D eigenvalue weighted by Gasteiger charge is 2.19. The second-order valence-electron chi connectivity index (χ2n) is 6.86. The molecule has 1 aromatic carbocycles. The standard InChI is InChI=1S/C17H27N/c1-13-4-8-15(9-5-13)16-10-6-14(7-11-16)12-17(2,3)18/h6-7,10-11,13,15H,4-5,8-9,12,18H2,1-3H3. The molecule has 0 unspecified atom stereocenters. The van der Waals surface area contributed by atoms with Crippen molar-refractivity contribution < 1.29 is 0 Å². The number of rotatable bonds is 3. The molecule has 1 fully saturated rings. The van der Waals surface area contributed by atoms with Crippen molar-refractivity contribution in [3.05, 3.63) is 35.4 Å². The molecule has 0 radical (unpaired) electrons. The minimum atomic E-state index is -0.109. The minimum absolute atomic E-state index is 0.109. The smallest absolute Gasteiger partial charge is 0.0138 e. The molecule has 1 saturated carbocycles. The Bertz CT molecular complexity index is 364. The van der Waals surface area contributed by atoms with E-state index in [0.717, 1.165) is 18.3 Å². The SMILES string of the molecule is CC1CCC(c2ccc(CC(C)(C)N)cc2)CC1. The van der Waals surface area contributed by atoms with Crippen LogP contribution in [0.1, 0.15) is 63.5 Å². The van der Waals surface area contributed by atoms with Gasteiger partial charge in [0.2, 0.25) is 0 Å². The first kappa shape index (κ1) is 13.6. The molecule has 2 rings (SSSR count). The predicted octanol–water partition coefficient (Wildman–Crippen LogP) is 4.26. The summed E-state index contributed by atoms with van der Waals surface area (Å²) in [5.74, 6) is 1.72. The average Bonchev–Trinajstić information content (AvgIpc) is 2.29. The Hall–Kier alpha value is -0.820. The van der Waals surface area contributed by atoms with Crippen LogP contribution in [-0.2, 0) is 6.42 Å². The third-order valence-corrected chi connectivity index (χ3v) is 4.13. The molecule has 0 aliphatic heterocycles. The lowest BCUT2D eigenvalue weighted by Crippen LogP contribution is -2.34. The summed E-state index contributed by atoms with van der Waals surface area (Å²) in [6.07, 6.45) is 6.46. The summed E-state index contributed by atoms with van der Waals surface area (Å²) in [5.41, 5.74) is 8.84. The molecular weight excluding hydrogens is 218 g/mol. The molecule has 1 aliphatic carbocycles. The Morgan fingerprint density at radius 1 is 1.06 bits per heavy atom. The zero-order chi connectivity index (χ0) is 13.2. The van der Waals surface area contributed by atoms with E-state index in [1.807, 2.05) is 0 Å². The predicted molar refractivity (Wildman–Crippen MR) is 78.8 cm³/mol. The normalized spacial score (nSPS) is 25.1. The van der Waals surface area contributed by atoms with Gasteiger partial charge in [-0.05, 0) is 56.1 Å². The van der Waals surface area contributed by atoms with Gasteiger partial charge in [0.05, 0.1) is 0 Å². The highest BCUT2D eigenvalue weighted by molar-refractivity contribution is 5.26. The van der Waals surface area contributed by atoms with Crippen LogP contribution in [0.15, 0.2) is 24.3 Å². The Balaban J connectivity index is 1.99. The van der Waals surface area contributed by atoms with Gasteiger partial charge in [-0.1, -0.05) is 44.0 Å². The number of hydrogen-bond acceptors (Lipinski definition) is 1. The van der Waals surface area contributed by atoms with Crippen LogP contribution >= 0.6 is 0 Å². The molecule has 0 saturated heterocycles. The third kappa shape index (κ3) is 3.84. The topological polar surface area (TPSA) is 26.0 Å². The molecule has 0 amide bonds. The van der Waals surface area contributed by atoms with Crippen molar-refractivity contribution in [1.29, 1.82) is 0 Å². The maximum absolute atomic E-state index is 6.06. The highest BCUT2D eigenvalue weighted by atomic mass is 14.7. The van der Waals surface area contributed by atoms with Gasteiger partial charge in [-0.15, -0.1) is 0 Å². The molecule has 1 aromatic rings. The van der Waals surface area contributed by atoms with Crippen LogP contribution < -0.4 is 5.73 Å². The van der Waals surface area contributed by atoms with Gasteiger partial charge < -0.3 is 5.73 Å². The van der Waals surface area contributed by atoms with Crippen LogP contribution in [0.2, 0.25) is 0 Å². The van der Waals surface area contributed by atoms with Crippen molar-refractivity contribution in [2.45, 2.75) is 64.3 Å². The van der Waals surface area contributed by atoms with E-state index >= 15 is 0 Å². The van der Waals surface area contributed by atoms with Gasteiger partial charge in [0, 0.05) is 5.54 Å². The molecule has 0 spiro atoms. The Labute approximate surface area is 112 Å². The molecule has 1 heteroatoms. The summed E-state index contributed by atoms with van der Waals surface area (Å²) < 4.78 is 0. The molecular formula is C17H27N. The monoisotopic (exact) mass is 245 g/mol. The second kappa shape index (κ2) is 5.44. The molecule has 1 nitrogen and oxygen atoms in total. The van der Waals surface area contributed by atoms with E-state index < -0.39 is 0 Å². The zero-order valence-corrected chi connectivity index (χ0v) is 12.1. The van der Waals surface area contributed by atoms with E-state index in [2.05, 4.69) is 45.0 Å². The van der Waals surface area contributed by atoms with E-state index in [4.69, 9.17) is 5.73 Å². The second-order valence-corrected chi connectivity index (χ2v) is 6.86. The van der Waals surface area contributed by atoms with Crippen LogP contribution in [0.4, 0.5) is 0 Å². The zero-order valence-electron chi connectivity index (χ0n) is 12.1. The summed E-state index contributed by atoms with van der Waals surface area (Å²) in [5, 5.41) is 0. The minimum Gasteiger partial charge on any atom is -0.325 e. The lowest BCUT2D eigenvalue weighted by atomic mass is 9.79. The molecule has 0 bridgehead atoms. The van der Waals surface area contributed by atoms with Crippen molar-refractivity contribution in [2.24, 2.45) is 11.7 Å². The van der Waals surface area contributed by atoms with E-state index in [9.17, 15) is 0 Å². The summed E-state index contributed by atoms with van der Waals surface area (Å²) in [4.78, 5) is 0. The van der Waals surface area contributed by atoms with E-state index in [0.29, 0.717) is 0 Å². The maximum Gasteiger partial charge on any atom is 0.0138 e.